The molecule has 0 atom stereocenters. The lowest BCUT2D eigenvalue weighted by atomic mass is 10.2. The van der Waals surface area contributed by atoms with Crippen LogP contribution in [0.4, 0.5) is 0 Å². The molecule has 0 amide bonds. The first-order valence-electron chi connectivity index (χ1n) is 5.52. The number of aromatic amines is 1. The average Bonchev–Trinajstić information content (AvgIpc) is 2.24. The van der Waals surface area contributed by atoms with Crippen molar-refractivity contribution in [2.75, 3.05) is 5.75 Å². The van der Waals surface area contributed by atoms with Crippen LogP contribution in [0.1, 0.15) is 31.0 Å². The number of allylic oxidation sites excluding steroid dienone is 1. The molecule has 1 rings (SSSR count). The Morgan fingerprint density at radius 3 is 2.88 bits per heavy atom. The normalized spacial score (nSPS) is 10.4. The lowest BCUT2D eigenvalue weighted by Gasteiger charge is -2.04. The van der Waals surface area contributed by atoms with E-state index in [4.69, 9.17) is 0 Å². The van der Waals surface area contributed by atoms with Gasteiger partial charge in [0.2, 0.25) is 0 Å². The minimum atomic E-state index is -0.0357. The zero-order chi connectivity index (χ0) is 12.0. The van der Waals surface area contributed by atoms with E-state index in [1.54, 1.807) is 17.8 Å². The summed E-state index contributed by atoms with van der Waals surface area (Å²) >= 11 is 1.61. The number of hydrogen-bond donors (Lipinski definition) is 1. The molecule has 1 heterocycles. The molecule has 0 radical (unpaired) electrons. The van der Waals surface area contributed by atoms with Crippen molar-refractivity contribution < 1.29 is 0 Å². The van der Waals surface area contributed by atoms with Crippen LogP contribution in [0.3, 0.4) is 0 Å². The van der Waals surface area contributed by atoms with Crippen molar-refractivity contribution in [1.82, 2.24) is 9.97 Å². The monoisotopic (exact) mass is 238 g/mol. The fourth-order valence-electron chi connectivity index (χ4n) is 1.35. The van der Waals surface area contributed by atoms with Gasteiger partial charge >= 0.3 is 0 Å². The standard InChI is InChI=1S/C12H18N2OS/c1-4-6-8-16-12-13-9(3)10(7-5-2)11(15)14-12/h5H,2,4,6-8H2,1,3H3,(H,13,14,15). The molecular weight excluding hydrogens is 220 g/mol. The molecule has 0 saturated heterocycles. The zero-order valence-corrected chi connectivity index (χ0v) is 10.7. The van der Waals surface area contributed by atoms with Crippen LogP contribution in [0, 0.1) is 6.92 Å². The molecule has 1 N–H and O–H groups in total. The number of hydrogen-bond acceptors (Lipinski definition) is 3. The van der Waals surface area contributed by atoms with E-state index in [2.05, 4.69) is 23.5 Å². The SMILES string of the molecule is C=CCc1c(C)nc(SCCCC)[nH]c1=O. The van der Waals surface area contributed by atoms with Gasteiger partial charge in [-0.05, 0) is 19.8 Å². The number of thioether (sulfide) groups is 1. The van der Waals surface area contributed by atoms with Crippen LogP contribution in [0.25, 0.3) is 0 Å². The number of rotatable bonds is 6. The average molecular weight is 238 g/mol. The zero-order valence-electron chi connectivity index (χ0n) is 9.88. The first-order chi connectivity index (χ1) is 7.69. The Morgan fingerprint density at radius 1 is 1.56 bits per heavy atom. The number of aryl methyl sites for hydroxylation is 1. The summed E-state index contributed by atoms with van der Waals surface area (Å²) in [6.45, 7) is 7.66. The fourth-order valence-corrected chi connectivity index (χ4v) is 2.34. The number of H-pyrrole nitrogens is 1. The van der Waals surface area contributed by atoms with Crippen molar-refractivity contribution in [3.05, 3.63) is 34.3 Å². The number of nitrogens with zero attached hydrogens (tertiary/aromatic N) is 1. The molecule has 16 heavy (non-hydrogen) atoms. The number of nitrogens with one attached hydrogen (secondary N) is 1. The summed E-state index contributed by atoms with van der Waals surface area (Å²) in [5, 5.41) is 0.726. The van der Waals surface area contributed by atoms with Crippen molar-refractivity contribution >= 4 is 11.8 Å². The molecule has 3 nitrogen and oxygen atoms in total. The van der Waals surface area contributed by atoms with Crippen molar-refractivity contribution in [1.29, 1.82) is 0 Å². The Hall–Kier alpha value is -1.03. The third-order valence-electron chi connectivity index (χ3n) is 2.29. The summed E-state index contributed by atoms with van der Waals surface area (Å²) in [4.78, 5) is 18.9. The summed E-state index contributed by atoms with van der Waals surface area (Å²) in [7, 11) is 0. The van der Waals surface area contributed by atoms with Crippen LogP contribution in [-0.4, -0.2) is 15.7 Å². The molecule has 0 aliphatic carbocycles. The summed E-state index contributed by atoms with van der Waals surface area (Å²) in [6, 6.07) is 0. The first-order valence-corrected chi connectivity index (χ1v) is 6.51. The van der Waals surface area contributed by atoms with Crippen LogP contribution in [0.2, 0.25) is 0 Å². The van der Waals surface area contributed by atoms with Crippen LogP contribution >= 0.6 is 11.8 Å². The summed E-state index contributed by atoms with van der Waals surface area (Å²) in [5.74, 6) is 1.000. The smallest absolute Gasteiger partial charge is 0.255 e. The molecule has 0 fully saturated rings. The van der Waals surface area contributed by atoms with E-state index in [1.165, 1.54) is 0 Å². The first kappa shape index (κ1) is 13.0. The lowest BCUT2D eigenvalue weighted by Crippen LogP contribution is -2.16. The third-order valence-corrected chi connectivity index (χ3v) is 3.25. The Labute approximate surface area is 100 Å². The van der Waals surface area contributed by atoms with Crippen molar-refractivity contribution in [2.24, 2.45) is 0 Å². The maximum atomic E-state index is 11.7. The highest BCUT2D eigenvalue weighted by molar-refractivity contribution is 7.99. The van der Waals surface area contributed by atoms with Gasteiger partial charge in [-0.25, -0.2) is 4.98 Å². The maximum Gasteiger partial charge on any atom is 0.255 e. The highest BCUT2D eigenvalue weighted by atomic mass is 32.2. The molecule has 0 aliphatic heterocycles. The molecule has 0 saturated carbocycles. The van der Waals surface area contributed by atoms with Gasteiger partial charge in [0.25, 0.3) is 5.56 Å². The van der Waals surface area contributed by atoms with Crippen LogP contribution < -0.4 is 5.56 Å². The highest BCUT2D eigenvalue weighted by Crippen LogP contribution is 2.14. The second-order valence-corrected chi connectivity index (χ2v) is 4.71. The third kappa shape index (κ3) is 3.52. The van der Waals surface area contributed by atoms with E-state index < -0.39 is 0 Å². The minimum absolute atomic E-state index is 0.0357. The summed E-state index contributed by atoms with van der Waals surface area (Å²) in [5.41, 5.74) is 1.49. The molecule has 0 spiro atoms. The second-order valence-electron chi connectivity index (χ2n) is 3.63. The summed E-state index contributed by atoms with van der Waals surface area (Å²) in [6.07, 6.45) is 4.60. The number of aromatic nitrogens is 2. The fraction of sp³-hybridized carbons (Fsp3) is 0.500. The molecule has 1 aromatic heterocycles. The van der Waals surface area contributed by atoms with Crippen LogP contribution in [0.5, 0.6) is 0 Å². The van der Waals surface area contributed by atoms with Gasteiger partial charge < -0.3 is 4.98 Å². The van der Waals surface area contributed by atoms with E-state index >= 15 is 0 Å². The Morgan fingerprint density at radius 2 is 2.31 bits per heavy atom. The Bertz CT molecular complexity index is 412. The van der Waals surface area contributed by atoms with E-state index in [0.29, 0.717) is 6.42 Å². The molecule has 0 unspecified atom stereocenters. The molecule has 1 aromatic rings. The van der Waals surface area contributed by atoms with Crippen LogP contribution in [-0.2, 0) is 6.42 Å². The van der Waals surface area contributed by atoms with Gasteiger partial charge in [-0.3, -0.25) is 4.79 Å². The topological polar surface area (TPSA) is 45.8 Å². The van der Waals surface area contributed by atoms with E-state index in [1.807, 2.05) is 6.92 Å². The molecule has 88 valence electrons. The lowest BCUT2D eigenvalue weighted by molar-refractivity contribution is 0.858. The van der Waals surface area contributed by atoms with Crippen molar-refractivity contribution in [3.8, 4) is 0 Å². The predicted molar refractivity (Wildman–Crippen MR) is 69.1 cm³/mol. The molecule has 0 aromatic carbocycles. The molecule has 0 aliphatic rings. The van der Waals surface area contributed by atoms with Gasteiger partial charge in [-0.1, -0.05) is 31.2 Å². The van der Waals surface area contributed by atoms with Gasteiger partial charge in [0.05, 0.1) is 0 Å². The maximum absolute atomic E-state index is 11.7. The Balaban J connectivity index is 2.83. The number of unbranched alkanes of at least 4 members (excludes halogenated alkanes) is 1. The van der Waals surface area contributed by atoms with Gasteiger partial charge in [-0.15, -0.1) is 6.58 Å². The van der Waals surface area contributed by atoms with Gasteiger partial charge in [0.15, 0.2) is 5.16 Å². The van der Waals surface area contributed by atoms with E-state index in [9.17, 15) is 4.79 Å². The van der Waals surface area contributed by atoms with Gasteiger partial charge in [0.1, 0.15) is 0 Å². The van der Waals surface area contributed by atoms with E-state index in [-0.39, 0.29) is 5.56 Å². The quantitative estimate of drug-likeness (QED) is 0.359. The van der Waals surface area contributed by atoms with Crippen LogP contribution in [0.15, 0.2) is 22.6 Å². The van der Waals surface area contributed by atoms with Crippen molar-refractivity contribution in [3.63, 3.8) is 0 Å². The summed E-state index contributed by atoms with van der Waals surface area (Å²) < 4.78 is 0. The molecule has 0 bridgehead atoms. The van der Waals surface area contributed by atoms with Gasteiger partial charge in [-0.2, -0.15) is 0 Å². The molecule has 4 heteroatoms. The van der Waals surface area contributed by atoms with Gasteiger partial charge in [0, 0.05) is 17.0 Å². The Kier molecular flexibility index (Phi) is 5.32. The minimum Gasteiger partial charge on any atom is -0.301 e. The largest absolute Gasteiger partial charge is 0.301 e. The predicted octanol–water partition coefficient (Wildman–Crippen LogP) is 2.70. The van der Waals surface area contributed by atoms with E-state index in [0.717, 1.165) is 35.0 Å². The second kappa shape index (κ2) is 6.53. The highest BCUT2D eigenvalue weighted by Gasteiger charge is 2.06. The van der Waals surface area contributed by atoms with Crippen molar-refractivity contribution in [2.45, 2.75) is 38.3 Å². The molecular formula is C12H18N2OS.